The number of rotatable bonds is 5. The summed E-state index contributed by atoms with van der Waals surface area (Å²) in [6.07, 6.45) is 0. The van der Waals surface area contributed by atoms with Crippen LogP contribution >= 0.6 is 11.6 Å². The molecule has 1 saturated heterocycles. The number of benzene rings is 3. The Morgan fingerprint density at radius 1 is 1.17 bits per heavy atom. The lowest BCUT2D eigenvalue weighted by atomic mass is 9.78. The van der Waals surface area contributed by atoms with Gasteiger partial charge < -0.3 is 10.1 Å². The fraction of sp³-hybridized carbons (Fsp3) is 0.231. The number of fused-ring (bicyclic) bond motifs is 2. The zero-order valence-corrected chi connectivity index (χ0v) is 19.5. The average Bonchev–Trinajstić information content (AvgIpc) is 3.32. The Bertz CT molecular complexity index is 1390. The molecule has 176 valence electrons. The van der Waals surface area contributed by atoms with E-state index in [9.17, 15) is 20.2 Å². The summed E-state index contributed by atoms with van der Waals surface area (Å²) in [5.41, 5.74) is 1.54. The van der Waals surface area contributed by atoms with Crippen LogP contribution in [0, 0.1) is 21.4 Å². The second-order valence-electron chi connectivity index (χ2n) is 8.74. The number of anilines is 1. The lowest BCUT2D eigenvalue weighted by Gasteiger charge is -2.25. The van der Waals surface area contributed by atoms with Crippen LogP contribution in [0.4, 0.5) is 5.69 Å². The second kappa shape index (κ2) is 8.69. The summed E-state index contributed by atoms with van der Waals surface area (Å²) in [6.45, 7) is 1.99. The fourth-order valence-corrected chi connectivity index (χ4v) is 5.55. The minimum atomic E-state index is -1.48. The normalized spacial score (nSPS) is 24.6. The number of hydrogen-bond donors (Lipinski definition) is 2. The van der Waals surface area contributed by atoms with Crippen LogP contribution < -0.4 is 15.4 Å². The number of carbonyl (C=O) groups is 1. The molecule has 2 heterocycles. The van der Waals surface area contributed by atoms with Crippen molar-refractivity contribution in [1.29, 1.82) is 5.26 Å². The highest BCUT2D eigenvalue weighted by Gasteiger charge is 2.67. The van der Waals surface area contributed by atoms with E-state index in [1.807, 2.05) is 13.0 Å². The van der Waals surface area contributed by atoms with Gasteiger partial charge >= 0.3 is 0 Å². The van der Waals surface area contributed by atoms with Crippen LogP contribution in [0.5, 0.6) is 5.75 Å². The lowest BCUT2D eigenvalue weighted by Crippen LogP contribution is -2.54. The molecule has 2 aliphatic heterocycles. The molecule has 0 aromatic heterocycles. The molecule has 1 amide bonds. The molecule has 0 radical (unpaired) electrons. The van der Waals surface area contributed by atoms with Gasteiger partial charge in [0.05, 0.1) is 22.6 Å². The third-order valence-corrected chi connectivity index (χ3v) is 7.12. The van der Waals surface area contributed by atoms with Crippen molar-refractivity contribution in [1.82, 2.24) is 5.32 Å². The van der Waals surface area contributed by atoms with Gasteiger partial charge in [-0.05, 0) is 36.8 Å². The topological polar surface area (TPSA) is 117 Å². The van der Waals surface area contributed by atoms with E-state index >= 15 is 0 Å². The summed E-state index contributed by atoms with van der Waals surface area (Å²) in [7, 11) is 0. The quantitative estimate of drug-likeness (QED) is 0.407. The molecule has 3 aromatic carbocycles. The molecule has 3 aromatic rings. The molecule has 1 fully saturated rings. The highest BCUT2D eigenvalue weighted by molar-refractivity contribution is 6.32. The van der Waals surface area contributed by atoms with E-state index in [1.54, 1.807) is 60.7 Å². The summed E-state index contributed by atoms with van der Waals surface area (Å²) in [5.74, 6) is -0.650. The summed E-state index contributed by atoms with van der Waals surface area (Å²) in [6, 6.07) is 19.7. The largest absolute Gasteiger partial charge is 0.487 e. The first-order valence-electron chi connectivity index (χ1n) is 11.1. The zero-order valence-electron chi connectivity index (χ0n) is 18.7. The van der Waals surface area contributed by atoms with E-state index in [4.69, 9.17) is 16.3 Å². The molecular weight excluding hydrogens is 468 g/mol. The Labute approximate surface area is 206 Å². The van der Waals surface area contributed by atoms with Crippen molar-refractivity contribution in [3.63, 3.8) is 0 Å². The Balaban J connectivity index is 1.47. The van der Waals surface area contributed by atoms with Crippen LogP contribution in [-0.2, 0) is 16.9 Å². The highest BCUT2D eigenvalue weighted by atomic mass is 35.5. The number of carbonyl (C=O) groups excluding carboxylic acids is 1. The van der Waals surface area contributed by atoms with Crippen molar-refractivity contribution < 1.29 is 14.5 Å². The van der Waals surface area contributed by atoms with Gasteiger partial charge in [0.1, 0.15) is 12.4 Å². The van der Waals surface area contributed by atoms with Gasteiger partial charge in [0.2, 0.25) is 0 Å². The summed E-state index contributed by atoms with van der Waals surface area (Å²) < 4.78 is 5.84. The second-order valence-corrected chi connectivity index (χ2v) is 9.15. The van der Waals surface area contributed by atoms with E-state index in [-0.39, 0.29) is 17.6 Å². The summed E-state index contributed by atoms with van der Waals surface area (Å²) >= 11 is 6.52. The predicted octanol–water partition coefficient (Wildman–Crippen LogP) is 4.36. The Morgan fingerprint density at radius 2 is 1.91 bits per heavy atom. The van der Waals surface area contributed by atoms with Gasteiger partial charge in [-0.2, -0.15) is 5.26 Å². The number of nitrogens with zero attached hydrogens (tertiary/aromatic N) is 2. The van der Waals surface area contributed by atoms with Gasteiger partial charge in [-0.1, -0.05) is 54.1 Å². The van der Waals surface area contributed by atoms with Gasteiger partial charge in [-0.15, -0.1) is 0 Å². The van der Waals surface area contributed by atoms with Crippen molar-refractivity contribution >= 4 is 23.2 Å². The molecule has 5 rings (SSSR count). The van der Waals surface area contributed by atoms with Crippen LogP contribution in [0.1, 0.15) is 35.1 Å². The number of ether oxygens (including phenoxy) is 1. The third-order valence-electron chi connectivity index (χ3n) is 6.83. The minimum absolute atomic E-state index is 0.155. The van der Waals surface area contributed by atoms with Crippen molar-refractivity contribution in [2.75, 3.05) is 5.32 Å². The predicted molar refractivity (Wildman–Crippen MR) is 130 cm³/mol. The van der Waals surface area contributed by atoms with Crippen molar-refractivity contribution in [3.05, 3.63) is 104 Å². The molecule has 9 heteroatoms. The molecular formula is C26H21ClN4O4. The van der Waals surface area contributed by atoms with E-state index in [0.717, 1.165) is 5.56 Å². The Morgan fingerprint density at radius 3 is 2.66 bits per heavy atom. The Kier molecular flexibility index (Phi) is 5.67. The third kappa shape index (κ3) is 3.60. The fourth-order valence-electron chi connectivity index (χ4n) is 5.31. The zero-order chi connectivity index (χ0) is 24.7. The molecule has 0 bridgehead atoms. The van der Waals surface area contributed by atoms with Crippen LogP contribution in [0.3, 0.4) is 0 Å². The molecule has 35 heavy (non-hydrogen) atoms. The smallest absolute Gasteiger partial charge is 0.256 e. The molecule has 8 nitrogen and oxygen atoms in total. The lowest BCUT2D eigenvalue weighted by molar-refractivity contribution is -0.532. The summed E-state index contributed by atoms with van der Waals surface area (Å²) in [4.78, 5) is 25.2. The first-order chi connectivity index (χ1) is 16.9. The molecule has 0 aliphatic carbocycles. The van der Waals surface area contributed by atoms with Gasteiger partial charge in [-0.3, -0.25) is 20.2 Å². The summed E-state index contributed by atoms with van der Waals surface area (Å²) in [5, 5.41) is 28.0. The van der Waals surface area contributed by atoms with Gasteiger partial charge in [-0.25, -0.2) is 0 Å². The van der Waals surface area contributed by atoms with E-state index in [0.29, 0.717) is 33.1 Å². The number of hydrogen-bond acceptors (Lipinski definition) is 6. The monoisotopic (exact) mass is 488 g/mol. The van der Waals surface area contributed by atoms with Crippen molar-refractivity contribution in [2.45, 2.75) is 37.1 Å². The van der Waals surface area contributed by atoms with Crippen LogP contribution in [0.2, 0.25) is 5.02 Å². The standard InChI is InChI=1S/C26H21ClN4O4/c1-15-23(24(31(33)34)26(30-15)19-8-4-5-9-21(19)29-25(26)32)16-10-11-22(20(27)12-16)35-14-18-7-3-2-6-17(18)13-28/h2-12,15,23-24,30H,14H2,1H3,(H,29,32)/t15-,23-,24-,26-/m0/s1. The molecule has 4 atom stereocenters. The maximum Gasteiger partial charge on any atom is 0.256 e. The minimum Gasteiger partial charge on any atom is -0.487 e. The van der Waals surface area contributed by atoms with Crippen molar-refractivity contribution in [3.8, 4) is 11.8 Å². The van der Waals surface area contributed by atoms with Gasteiger partial charge in [0, 0.05) is 27.8 Å². The SMILES string of the molecule is C[C@@H]1N[C@]2(C(=O)Nc3ccccc32)[C@@H]([N+](=O)[O-])[C@@H]1c1ccc(OCc2ccccc2C#N)c(Cl)c1. The van der Waals surface area contributed by atoms with E-state index in [1.165, 1.54) is 0 Å². The Hall–Kier alpha value is -3.93. The van der Waals surface area contributed by atoms with E-state index in [2.05, 4.69) is 16.7 Å². The number of halogens is 1. The number of amides is 1. The first-order valence-corrected chi connectivity index (χ1v) is 11.5. The first kappa shape index (κ1) is 22.8. The van der Waals surface area contributed by atoms with Crippen LogP contribution in [0.25, 0.3) is 0 Å². The average molecular weight is 489 g/mol. The maximum atomic E-state index is 13.1. The molecule has 0 unspecified atom stereocenters. The molecule has 2 N–H and O–H groups in total. The molecule has 2 aliphatic rings. The van der Waals surface area contributed by atoms with Crippen molar-refractivity contribution in [2.24, 2.45) is 0 Å². The highest BCUT2D eigenvalue weighted by Crippen LogP contribution is 2.50. The maximum absolute atomic E-state index is 13.1. The number of para-hydroxylation sites is 1. The number of nitro groups is 1. The number of nitriles is 1. The van der Waals surface area contributed by atoms with Gasteiger partial charge in [0.15, 0.2) is 5.54 Å². The van der Waals surface area contributed by atoms with E-state index < -0.39 is 23.4 Å². The van der Waals surface area contributed by atoms with Crippen LogP contribution in [0.15, 0.2) is 66.7 Å². The molecule has 1 spiro atoms. The number of nitrogens with one attached hydrogen (secondary N) is 2. The van der Waals surface area contributed by atoms with Crippen LogP contribution in [-0.4, -0.2) is 22.9 Å². The van der Waals surface area contributed by atoms with Gasteiger partial charge in [0.25, 0.3) is 11.9 Å². The molecule has 0 saturated carbocycles.